The van der Waals surface area contributed by atoms with Crippen LogP contribution in [0.3, 0.4) is 0 Å². The lowest BCUT2D eigenvalue weighted by Gasteiger charge is -1.89. The average Bonchev–Trinajstić information content (AvgIpc) is 2.63. The maximum Gasteiger partial charge on any atom is 0.0901 e. The lowest BCUT2D eigenvalue weighted by Crippen LogP contribution is -1.72. The Balaban J connectivity index is 2.15. The van der Waals surface area contributed by atoms with Gasteiger partial charge in [-0.15, -0.1) is 11.3 Å². The molecule has 0 N–H and O–H groups in total. The van der Waals surface area contributed by atoms with Crippen molar-refractivity contribution in [3.63, 3.8) is 0 Å². The van der Waals surface area contributed by atoms with Crippen molar-refractivity contribution >= 4 is 23.5 Å². The highest BCUT2D eigenvalue weighted by atomic mass is 32.1. The summed E-state index contributed by atoms with van der Waals surface area (Å²) >= 11 is 1.67. The zero-order chi connectivity index (χ0) is 9.80. The van der Waals surface area contributed by atoms with Gasteiger partial charge in [-0.25, -0.2) is 4.98 Å². The smallest absolute Gasteiger partial charge is 0.0901 e. The molecule has 0 amide bonds. The molecule has 1 radical (unpaired) electrons. The van der Waals surface area contributed by atoms with Gasteiger partial charge in [-0.05, 0) is 24.6 Å². The third-order valence-electron chi connectivity index (χ3n) is 1.83. The Morgan fingerprint density at radius 2 is 2.07 bits per heavy atom. The molecule has 2 aromatic rings. The highest BCUT2D eigenvalue weighted by Gasteiger charge is 1.92. The van der Waals surface area contributed by atoms with E-state index in [-0.39, 0.29) is 0 Å². The number of nitrogens with zero attached hydrogens (tertiary/aromatic N) is 1. The number of rotatable bonds is 2. The van der Waals surface area contributed by atoms with E-state index in [0.717, 1.165) is 10.7 Å². The van der Waals surface area contributed by atoms with Crippen LogP contribution in [0.1, 0.15) is 16.3 Å². The highest BCUT2D eigenvalue weighted by Crippen LogP contribution is 2.11. The summed E-state index contributed by atoms with van der Waals surface area (Å²) in [5.41, 5.74) is 2.20. The summed E-state index contributed by atoms with van der Waals surface area (Å²) in [5.74, 6) is 0. The van der Waals surface area contributed by atoms with E-state index >= 15 is 0 Å². The molecule has 0 spiro atoms. The van der Waals surface area contributed by atoms with E-state index in [0.29, 0.717) is 0 Å². The van der Waals surface area contributed by atoms with Crippen molar-refractivity contribution in [3.05, 3.63) is 52.0 Å². The zero-order valence-corrected chi connectivity index (χ0v) is 8.71. The topological polar surface area (TPSA) is 12.9 Å². The fraction of sp³-hybridized carbons (Fsp3) is 0.0833. The molecule has 14 heavy (non-hydrogen) atoms. The van der Waals surface area contributed by atoms with E-state index in [1.807, 2.05) is 37.3 Å². The summed E-state index contributed by atoms with van der Waals surface area (Å²) in [6, 6.07) is 10.9. The summed E-state index contributed by atoms with van der Waals surface area (Å²) < 4.78 is 0. The predicted molar refractivity (Wildman–Crippen MR) is 61.1 cm³/mol. The molecular formula is C12H10NS. The number of hydrogen-bond acceptors (Lipinski definition) is 2. The molecule has 1 aromatic heterocycles. The van der Waals surface area contributed by atoms with Crippen molar-refractivity contribution in [3.8, 4) is 0 Å². The van der Waals surface area contributed by atoms with Crippen molar-refractivity contribution in [2.45, 2.75) is 6.92 Å². The van der Waals surface area contributed by atoms with Crippen LogP contribution in [0, 0.1) is 13.0 Å². The Morgan fingerprint density at radius 3 is 2.71 bits per heavy atom. The van der Waals surface area contributed by atoms with E-state index in [2.05, 4.69) is 22.5 Å². The largest absolute Gasteiger partial charge is 0.242 e. The van der Waals surface area contributed by atoms with E-state index in [1.165, 1.54) is 5.56 Å². The Labute approximate surface area is 87.8 Å². The van der Waals surface area contributed by atoms with E-state index in [1.54, 1.807) is 11.3 Å². The first-order valence-corrected chi connectivity index (χ1v) is 5.29. The lowest BCUT2D eigenvalue weighted by molar-refractivity contribution is 1.28. The molecular weight excluding hydrogens is 190 g/mol. The molecule has 1 nitrogen and oxygen atoms in total. The number of benzene rings is 1. The van der Waals surface area contributed by atoms with Crippen LogP contribution in [0.5, 0.6) is 0 Å². The van der Waals surface area contributed by atoms with Gasteiger partial charge in [-0.3, -0.25) is 0 Å². The quantitative estimate of drug-likeness (QED) is 0.723. The molecule has 0 bridgehead atoms. The van der Waals surface area contributed by atoms with Crippen molar-refractivity contribution in [1.82, 2.24) is 4.98 Å². The first-order valence-electron chi connectivity index (χ1n) is 4.41. The van der Waals surface area contributed by atoms with Crippen LogP contribution in [-0.4, -0.2) is 4.98 Å². The average molecular weight is 200 g/mol. The van der Waals surface area contributed by atoms with Gasteiger partial charge in [-0.1, -0.05) is 30.3 Å². The van der Waals surface area contributed by atoms with Gasteiger partial charge < -0.3 is 0 Å². The van der Waals surface area contributed by atoms with Gasteiger partial charge in [-0.2, -0.15) is 0 Å². The Morgan fingerprint density at radius 1 is 1.29 bits per heavy atom. The van der Waals surface area contributed by atoms with Crippen molar-refractivity contribution in [1.29, 1.82) is 0 Å². The molecule has 0 fully saturated rings. The van der Waals surface area contributed by atoms with Crippen LogP contribution in [0.15, 0.2) is 29.6 Å². The lowest BCUT2D eigenvalue weighted by atomic mass is 10.2. The highest BCUT2D eigenvalue weighted by molar-refractivity contribution is 7.09. The molecule has 69 valence electrons. The monoisotopic (exact) mass is 200 g/mol. The van der Waals surface area contributed by atoms with Crippen LogP contribution in [0.2, 0.25) is 0 Å². The second-order valence-electron chi connectivity index (χ2n) is 2.96. The minimum Gasteiger partial charge on any atom is -0.242 e. The van der Waals surface area contributed by atoms with E-state index in [4.69, 9.17) is 0 Å². The molecule has 0 aliphatic carbocycles. The molecule has 2 rings (SSSR count). The molecule has 0 unspecified atom stereocenters. The molecule has 0 saturated heterocycles. The number of thiazole rings is 1. The fourth-order valence-electron chi connectivity index (χ4n) is 1.15. The van der Waals surface area contributed by atoms with Gasteiger partial charge in [0.2, 0.25) is 0 Å². The Kier molecular flexibility index (Phi) is 2.75. The van der Waals surface area contributed by atoms with Crippen molar-refractivity contribution in [2.75, 3.05) is 0 Å². The van der Waals surface area contributed by atoms with Crippen LogP contribution in [0.4, 0.5) is 0 Å². The number of aryl methyl sites for hydroxylation is 1. The van der Waals surface area contributed by atoms with Crippen molar-refractivity contribution in [2.24, 2.45) is 0 Å². The van der Waals surface area contributed by atoms with Gasteiger partial charge in [0.05, 0.1) is 10.7 Å². The summed E-state index contributed by atoms with van der Waals surface area (Å²) in [4.78, 5) is 4.35. The normalized spacial score (nSPS) is 10.9. The Bertz CT molecular complexity index is 429. The van der Waals surface area contributed by atoms with Crippen LogP contribution in [0.25, 0.3) is 12.2 Å². The second-order valence-corrected chi connectivity index (χ2v) is 4.02. The molecule has 1 aromatic carbocycles. The summed E-state index contributed by atoms with van der Waals surface area (Å²) in [6.07, 6.45) is 4.08. The van der Waals surface area contributed by atoms with Crippen LogP contribution >= 0.6 is 11.3 Å². The molecule has 0 saturated carbocycles. The second kappa shape index (κ2) is 4.20. The van der Waals surface area contributed by atoms with Gasteiger partial charge in [0.1, 0.15) is 0 Å². The molecule has 0 atom stereocenters. The Hall–Kier alpha value is -1.41. The predicted octanol–water partition coefficient (Wildman–Crippen LogP) is 3.42. The SMILES string of the molecule is Cc1nc(/C=C/c2cc[c]cc2)cs1. The standard InChI is InChI=1S/C12H10NS/c1-10-13-12(9-14-10)8-7-11-5-3-2-4-6-11/h3-9H,1H3/b8-7+. The van der Waals surface area contributed by atoms with E-state index < -0.39 is 0 Å². The zero-order valence-electron chi connectivity index (χ0n) is 7.90. The van der Waals surface area contributed by atoms with Crippen LogP contribution in [-0.2, 0) is 0 Å². The third-order valence-corrected chi connectivity index (χ3v) is 2.62. The van der Waals surface area contributed by atoms with Crippen molar-refractivity contribution < 1.29 is 0 Å². The minimum atomic E-state index is 1.03. The summed E-state index contributed by atoms with van der Waals surface area (Å²) in [5, 5.41) is 3.16. The minimum absolute atomic E-state index is 1.03. The maximum atomic E-state index is 4.35. The summed E-state index contributed by atoms with van der Waals surface area (Å²) in [7, 11) is 0. The fourth-order valence-corrected chi connectivity index (χ4v) is 1.73. The summed E-state index contributed by atoms with van der Waals surface area (Å²) in [6.45, 7) is 2.01. The number of aromatic nitrogens is 1. The first kappa shape index (κ1) is 9.16. The third kappa shape index (κ3) is 2.30. The van der Waals surface area contributed by atoms with E-state index in [9.17, 15) is 0 Å². The maximum absolute atomic E-state index is 4.35. The van der Waals surface area contributed by atoms with Gasteiger partial charge in [0.15, 0.2) is 0 Å². The van der Waals surface area contributed by atoms with Gasteiger partial charge >= 0.3 is 0 Å². The molecule has 0 aliphatic heterocycles. The van der Waals surface area contributed by atoms with Crippen LogP contribution < -0.4 is 0 Å². The first-order chi connectivity index (χ1) is 6.84. The number of hydrogen-bond donors (Lipinski definition) is 0. The molecule has 2 heteroatoms. The van der Waals surface area contributed by atoms with Gasteiger partial charge in [0, 0.05) is 5.38 Å². The molecule has 1 heterocycles. The van der Waals surface area contributed by atoms with Gasteiger partial charge in [0.25, 0.3) is 0 Å². The molecule has 0 aliphatic rings.